The fourth-order valence-electron chi connectivity index (χ4n) is 2.70. The molecule has 0 unspecified atom stereocenters. The molecule has 0 radical (unpaired) electrons. The highest BCUT2D eigenvalue weighted by Gasteiger charge is 2.22. The summed E-state index contributed by atoms with van der Waals surface area (Å²) in [6, 6.07) is 9.46. The fourth-order valence-corrected chi connectivity index (χ4v) is 3.45. The van der Waals surface area contributed by atoms with Crippen molar-refractivity contribution in [2.45, 2.75) is 18.7 Å². The van der Waals surface area contributed by atoms with Gasteiger partial charge in [-0.2, -0.15) is 5.26 Å². The Morgan fingerprint density at radius 1 is 1.15 bits per heavy atom. The van der Waals surface area contributed by atoms with Gasteiger partial charge in [-0.1, -0.05) is 19.0 Å². The summed E-state index contributed by atoms with van der Waals surface area (Å²) in [5.74, 6) is -2.45. The highest BCUT2D eigenvalue weighted by molar-refractivity contribution is 7.89. The fraction of sp³-hybridized carbons (Fsp3) is 0.238. The van der Waals surface area contributed by atoms with E-state index < -0.39 is 21.9 Å². The number of hydrogen-bond donors (Lipinski definition) is 4. The molecule has 33 heavy (non-hydrogen) atoms. The van der Waals surface area contributed by atoms with Gasteiger partial charge in [0.1, 0.15) is 5.52 Å². The standard InChI is InChI=1S/C17H12N4O6S.C4H11N/c1-19-28(25,26)10-3-5-14-11(7-10)15(27-21-14)16(22)20-13-4-2-9(8-18)6-12(13)17(23)24;1-3-5-4-2/h2-7,19H,1H3,(H,20,22)(H,23,24);5H,3-4H2,1-2H3. The minimum absolute atomic E-state index is 0.0555. The van der Waals surface area contributed by atoms with Crippen LogP contribution >= 0.6 is 0 Å². The van der Waals surface area contributed by atoms with Crippen molar-refractivity contribution in [1.29, 1.82) is 5.26 Å². The number of hydrogen-bond acceptors (Lipinski definition) is 8. The molecule has 0 aliphatic rings. The molecule has 0 spiro atoms. The summed E-state index contributed by atoms with van der Waals surface area (Å²) in [5.41, 5.74) is 0.0237. The summed E-state index contributed by atoms with van der Waals surface area (Å²) in [7, 11) is -2.50. The molecule has 3 rings (SSSR count). The molecule has 1 heterocycles. The Bertz CT molecular complexity index is 1310. The highest BCUT2D eigenvalue weighted by atomic mass is 32.2. The maximum Gasteiger partial charge on any atom is 0.337 e. The lowest BCUT2D eigenvalue weighted by Crippen LogP contribution is -2.18. The molecular formula is C21H23N5O6S. The normalized spacial score (nSPS) is 10.7. The lowest BCUT2D eigenvalue weighted by Gasteiger charge is -2.07. The predicted octanol–water partition coefficient (Wildman–Crippen LogP) is 2.17. The monoisotopic (exact) mass is 473 g/mol. The molecule has 1 amide bonds. The van der Waals surface area contributed by atoms with Crippen LogP contribution in [0.15, 0.2) is 45.8 Å². The average Bonchev–Trinajstić information content (AvgIpc) is 3.23. The molecule has 0 bridgehead atoms. The van der Waals surface area contributed by atoms with Crippen LogP contribution in [-0.2, 0) is 10.0 Å². The molecule has 1 aromatic heterocycles. The molecule has 2 aromatic carbocycles. The number of nitrogens with zero attached hydrogens (tertiary/aromatic N) is 2. The zero-order chi connectivity index (χ0) is 24.6. The molecule has 0 atom stereocenters. The number of carboxylic acid groups (broad SMARTS) is 1. The van der Waals surface area contributed by atoms with Crippen LogP contribution in [0.25, 0.3) is 10.9 Å². The summed E-state index contributed by atoms with van der Waals surface area (Å²) in [5, 5.41) is 27.5. The van der Waals surface area contributed by atoms with Crippen molar-refractivity contribution in [3.63, 3.8) is 0 Å². The third-order valence-corrected chi connectivity index (χ3v) is 5.77. The number of nitriles is 1. The van der Waals surface area contributed by atoms with E-state index in [2.05, 4.69) is 34.4 Å². The maximum absolute atomic E-state index is 12.6. The van der Waals surface area contributed by atoms with E-state index >= 15 is 0 Å². The first kappa shape index (κ1) is 25.5. The molecular weight excluding hydrogens is 450 g/mol. The molecule has 0 saturated carbocycles. The van der Waals surface area contributed by atoms with E-state index in [1.54, 1.807) is 0 Å². The molecule has 11 nitrogen and oxygen atoms in total. The number of carbonyl (C=O) groups excluding carboxylic acids is 1. The summed E-state index contributed by atoms with van der Waals surface area (Å²) in [6.07, 6.45) is 0. The van der Waals surface area contributed by atoms with E-state index in [4.69, 9.17) is 9.78 Å². The molecule has 4 N–H and O–H groups in total. The Morgan fingerprint density at radius 2 is 1.85 bits per heavy atom. The van der Waals surface area contributed by atoms with Crippen LogP contribution in [0.5, 0.6) is 0 Å². The van der Waals surface area contributed by atoms with Gasteiger partial charge in [-0.15, -0.1) is 0 Å². The van der Waals surface area contributed by atoms with Crippen molar-refractivity contribution >= 4 is 38.5 Å². The summed E-state index contributed by atoms with van der Waals surface area (Å²) < 4.78 is 31.1. The van der Waals surface area contributed by atoms with Gasteiger partial charge in [0.05, 0.1) is 33.2 Å². The Morgan fingerprint density at radius 3 is 2.39 bits per heavy atom. The number of anilines is 1. The zero-order valence-corrected chi connectivity index (χ0v) is 19.0. The number of carboxylic acids is 1. The number of aromatic nitrogens is 1. The van der Waals surface area contributed by atoms with Crippen molar-refractivity contribution in [1.82, 2.24) is 15.2 Å². The van der Waals surface area contributed by atoms with Crippen molar-refractivity contribution in [2.75, 3.05) is 25.5 Å². The highest BCUT2D eigenvalue weighted by Crippen LogP contribution is 2.24. The van der Waals surface area contributed by atoms with E-state index in [-0.39, 0.29) is 38.4 Å². The number of sulfonamides is 1. The second-order valence-electron chi connectivity index (χ2n) is 6.49. The van der Waals surface area contributed by atoms with Crippen LogP contribution in [0.3, 0.4) is 0 Å². The van der Waals surface area contributed by atoms with Gasteiger partial charge in [-0.05, 0) is 56.5 Å². The van der Waals surface area contributed by atoms with Crippen LogP contribution in [0.1, 0.15) is 40.3 Å². The quantitative estimate of drug-likeness (QED) is 0.401. The van der Waals surface area contributed by atoms with Gasteiger partial charge in [0.15, 0.2) is 0 Å². The van der Waals surface area contributed by atoms with Gasteiger partial charge in [-0.25, -0.2) is 17.9 Å². The Balaban J connectivity index is 0.000000696. The number of rotatable bonds is 7. The summed E-state index contributed by atoms with van der Waals surface area (Å²) in [6.45, 7) is 6.39. The number of nitrogens with one attached hydrogen (secondary N) is 3. The van der Waals surface area contributed by atoms with E-state index in [0.717, 1.165) is 19.2 Å². The van der Waals surface area contributed by atoms with E-state index in [0.29, 0.717) is 0 Å². The second-order valence-corrected chi connectivity index (χ2v) is 8.37. The van der Waals surface area contributed by atoms with Gasteiger partial charge >= 0.3 is 5.97 Å². The van der Waals surface area contributed by atoms with Crippen LogP contribution in [0, 0.1) is 11.3 Å². The predicted molar refractivity (Wildman–Crippen MR) is 121 cm³/mol. The number of amides is 1. The molecule has 0 aliphatic heterocycles. The Labute approximate surface area is 190 Å². The van der Waals surface area contributed by atoms with Crippen molar-refractivity contribution in [2.24, 2.45) is 0 Å². The van der Waals surface area contributed by atoms with Gasteiger partial charge in [0.2, 0.25) is 15.8 Å². The van der Waals surface area contributed by atoms with Gasteiger partial charge in [-0.3, -0.25) is 4.79 Å². The molecule has 12 heteroatoms. The molecule has 174 valence electrons. The Hall–Kier alpha value is -3.79. The van der Waals surface area contributed by atoms with Crippen LogP contribution < -0.4 is 15.4 Å². The van der Waals surface area contributed by atoms with Crippen LogP contribution in [0.2, 0.25) is 0 Å². The third kappa shape index (κ3) is 6.13. The van der Waals surface area contributed by atoms with Crippen molar-refractivity contribution in [3.8, 4) is 6.07 Å². The zero-order valence-electron chi connectivity index (χ0n) is 18.2. The minimum Gasteiger partial charge on any atom is -0.478 e. The first-order valence-corrected chi connectivity index (χ1v) is 11.3. The first-order valence-electron chi connectivity index (χ1n) is 9.80. The summed E-state index contributed by atoms with van der Waals surface area (Å²) >= 11 is 0. The third-order valence-electron chi connectivity index (χ3n) is 4.36. The van der Waals surface area contributed by atoms with Crippen molar-refractivity contribution in [3.05, 3.63) is 53.3 Å². The molecule has 3 aromatic rings. The van der Waals surface area contributed by atoms with Crippen molar-refractivity contribution < 1.29 is 27.6 Å². The lowest BCUT2D eigenvalue weighted by molar-refractivity contribution is 0.0698. The number of fused-ring (bicyclic) bond motifs is 1. The topological polar surface area (TPSA) is 174 Å². The van der Waals surface area contributed by atoms with Gasteiger partial charge < -0.3 is 20.3 Å². The average molecular weight is 474 g/mol. The smallest absolute Gasteiger partial charge is 0.337 e. The molecule has 0 aliphatic carbocycles. The number of benzene rings is 2. The molecule has 0 fully saturated rings. The van der Waals surface area contributed by atoms with Crippen LogP contribution in [0.4, 0.5) is 5.69 Å². The Kier molecular flexibility index (Phi) is 8.63. The number of carbonyl (C=O) groups is 2. The van der Waals surface area contributed by atoms with Gasteiger partial charge in [0.25, 0.3) is 5.91 Å². The van der Waals surface area contributed by atoms with Gasteiger partial charge in [0, 0.05) is 0 Å². The summed E-state index contributed by atoms with van der Waals surface area (Å²) in [4.78, 5) is 23.9. The first-order chi connectivity index (χ1) is 15.7. The van der Waals surface area contributed by atoms with E-state index in [1.807, 2.05) is 6.07 Å². The SMILES string of the molecule is CCNCC.CNS(=O)(=O)c1ccc2noc(C(=O)Nc3ccc(C#N)cc3C(=O)O)c2c1. The van der Waals surface area contributed by atoms with Crippen LogP contribution in [-0.4, -0.2) is 50.7 Å². The lowest BCUT2D eigenvalue weighted by atomic mass is 10.1. The maximum atomic E-state index is 12.6. The van der Waals surface area contributed by atoms with E-state index in [9.17, 15) is 23.1 Å². The second kappa shape index (κ2) is 11.2. The largest absolute Gasteiger partial charge is 0.478 e. The number of aromatic carboxylic acids is 1. The minimum atomic E-state index is -3.75. The van der Waals surface area contributed by atoms with E-state index in [1.165, 1.54) is 37.4 Å². The molecule has 0 saturated heterocycles.